The van der Waals surface area contributed by atoms with Gasteiger partial charge in [-0.3, -0.25) is 14.9 Å². The van der Waals surface area contributed by atoms with E-state index < -0.39 is 28.7 Å². The fourth-order valence-corrected chi connectivity index (χ4v) is 2.74. The van der Waals surface area contributed by atoms with Crippen molar-refractivity contribution in [3.05, 3.63) is 56.4 Å². The highest BCUT2D eigenvalue weighted by molar-refractivity contribution is 6.05. The molecular formula is C18H19N3O7. The molecule has 10 heteroatoms. The molecule has 0 amide bonds. The third-order valence-electron chi connectivity index (χ3n) is 4.19. The van der Waals surface area contributed by atoms with E-state index in [1.807, 2.05) is 0 Å². The number of H-pyrrole nitrogens is 1. The van der Waals surface area contributed by atoms with Gasteiger partial charge in [0.25, 0.3) is 5.69 Å². The van der Waals surface area contributed by atoms with Crippen molar-refractivity contribution in [3.8, 4) is 0 Å². The number of rotatable bonds is 6. The molecule has 0 aliphatic rings. The predicted octanol–water partition coefficient (Wildman–Crippen LogP) is 2.34. The number of aryl methyl sites for hydroxylation is 1. The van der Waals surface area contributed by atoms with E-state index in [9.17, 15) is 24.5 Å². The monoisotopic (exact) mass is 389 g/mol. The maximum atomic E-state index is 12.7. The third-order valence-corrected chi connectivity index (χ3v) is 4.19. The van der Waals surface area contributed by atoms with Crippen LogP contribution in [0.15, 0.2) is 18.2 Å². The fourth-order valence-electron chi connectivity index (χ4n) is 2.74. The van der Waals surface area contributed by atoms with Crippen LogP contribution in [0.5, 0.6) is 0 Å². The van der Waals surface area contributed by atoms with Gasteiger partial charge in [-0.1, -0.05) is 0 Å². The molecule has 2 rings (SSSR count). The van der Waals surface area contributed by atoms with E-state index in [0.717, 1.165) is 18.2 Å². The van der Waals surface area contributed by atoms with Gasteiger partial charge in [0.1, 0.15) is 0 Å². The van der Waals surface area contributed by atoms with Crippen molar-refractivity contribution in [2.24, 2.45) is 0 Å². The molecule has 0 radical (unpaired) electrons. The van der Waals surface area contributed by atoms with Crippen LogP contribution in [-0.2, 0) is 9.47 Å². The Hall–Kier alpha value is -3.69. The summed E-state index contributed by atoms with van der Waals surface area (Å²) in [5.74, 6) is -2.04. The van der Waals surface area contributed by atoms with Crippen LogP contribution in [0.2, 0.25) is 0 Å². The Bertz CT molecular complexity index is 978. The van der Waals surface area contributed by atoms with Gasteiger partial charge in [-0.15, -0.1) is 0 Å². The number of methoxy groups -OCH3 is 1. The van der Waals surface area contributed by atoms with Crippen molar-refractivity contribution < 1.29 is 28.8 Å². The van der Waals surface area contributed by atoms with Crippen molar-refractivity contribution >= 4 is 29.1 Å². The molecule has 10 nitrogen and oxygen atoms in total. The number of hydrogen-bond acceptors (Lipinski definition) is 8. The van der Waals surface area contributed by atoms with Gasteiger partial charge in [0.15, 0.2) is 6.10 Å². The minimum absolute atomic E-state index is 0.0973. The van der Waals surface area contributed by atoms with Crippen molar-refractivity contribution in [3.63, 3.8) is 0 Å². The van der Waals surface area contributed by atoms with E-state index in [-0.39, 0.29) is 28.2 Å². The molecule has 0 spiro atoms. The first-order chi connectivity index (χ1) is 13.1. The Labute approximate surface area is 159 Å². The van der Waals surface area contributed by atoms with Crippen LogP contribution in [0, 0.1) is 24.0 Å². The average Bonchev–Trinajstić information content (AvgIpc) is 2.94. The maximum Gasteiger partial charge on any atom is 0.340 e. The van der Waals surface area contributed by atoms with E-state index in [0.29, 0.717) is 11.3 Å². The van der Waals surface area contributed by atoms with Gasteiger partial charge in [-0.2, -0.15) is 0 Å². The topological polar surface area (TPSA) is 155 Å². The molecule has 1 aromatic heterocycles. The van der Waals surface area contributed by atoms with Gasteiger partial charge in [-0.25, -0.2) is 9.59 Å². The van der Waals surface area contributed by atoms with Crippen LogP contribution in [-0.4, -0.2) is 40.8 Å². The second-order valence-corrected chi connectivity index (χ2v) is 6.06. The molecule has 0 fully saturated rings. The average molecular weight is 389 g/mol. The summed E-state index contributed by atoms with van der Waals surface area (Å²) in [6, 6.07) is 3.30. The summed E-state index contributed by atoms with van der Waals surface area (Å²) < 4.78 is 9.85. The summed E-state index contributed by atoms with van der Waals surface area (Å²) >= 11 is 0. The molecule has 0 bridgehead atoms. The van der Waals surface area contributed by atoms with E-state index in [1.54, 1.807) is 13.8 Å². The number of carbonyl (C=O) groups is 3. The normalized spacial score (nSPS) is 11.6. The second-order valence-electron chi connectivity index (χ2n) is 6.06. The number of Topliss-reactive ketones (excluding diaryl/α,β-unsaturated/α-hetero) is 1. The number of anilines is 1. The second kappa shape index (κ2) is 7.91. The molecular weight excluding hydrogens is 370 g/mol. The molecule has 0 aliphatic heterocycles. The minimum atomic E-state index is -1.19. The molecule has 2 aromatic rings. The Morgan fingerprint density at radius 1 is 1.21 bits per heavy atom. The molecule has 1 atom stereocenters. The first-order valence-electron chi connectivity index (χ1n) is 8.15. The first-order valence-corrected chi connectivity index (χ1v) is 8.15. The zero-order chi connectivity index (χ0) is 21.2. The zero-order valence-electron chi connectivity index (χ0n) is 15.7. The highest BCUT2D eigenvalue weighted by atomic mass is 16.6. The highest BCUT2D eigenvalue weighted by Crippen LogP contribution is 2.23. The number of nitrogens with zero attached hydrogens (tertiary/aromatic N) is 1. The van der Waals surface area contributed by atoms with Crippen LogP contribution in [0.25, 0.3) is 0 Å². The summed E-state index contributed by atoms with van der Waals surface area (Å²) in [7, 11) is 1.23. The van der Waals surface area contributed by atoms with E-state index in [4.69, 9.17) is 15.2 Å². The molecule has 28 heavy (non-hydrogen) atoms. The lowest BCUT2D eigenvalue weighted by molar-refractivity contribution is -0.384. The molecule has 148 valence electrons. The number of nitro benzene ring substituents is 1. The Morgan fingerprint density at radius 2 is 1.86 bits per heavy atom. The molecule has 0 saturated carbocycles. The number of benzene rings is 1. The summed E-state index contributed by atoms with van der Waals surface area (Å²) in [6.45, 7) is 4.56. The van der Waals surface area contributed by atoms with Crippen LogP contribution < -0.4 is 5.73 Å². The van der Waals surface area contributed by atoms with E-state index >= 15 is 0 Å². The van der Waals surface area contributed by atoms with Gasteiger partial charge in [0.2, 0.25) is 5.78 Å². The summed E-state index contributed by atoms with van der Waals surface area (Å²) in [6.07, 6.45) is -1.19. The summed E-state index contributed by atoms with van der Waals surface area (Å²) in [5, 5.41) is 10.7. The Balaban J connectivity index is 2.22. The van der Waals surface area contributed by atoms with Gasteiger partial charge in [0, 0.05) is 17.8 Å². The summed E-state index contributed by atoms with van der Waals surface area (Å²) in [4.78, 5) is 49.7. The van der Waals surface area contributed by atoms with Crippen LogP contribution in [0.1, 0.15) is 49.4 Å². The lowest BCUT2D eigenvalue weighted by atomic mass is 10.1. The number of ketones is 1. The minimum Gasteiger partial charge on any atom is -0.465 e. The van der Waals surface area contributed by atoms with E-state index in [1.165, 1.54) is 14.0 Å². The first kappa shape index (κ1) is 20.6. The number of aromatic nitrogens is 1. The molecule has 1 heterocycles. The van der Waals surface area contributed by atoms with Crippen LogP contribution >= 0.6 is 0 Å². The molecule has 1 aromatic carbocycles. The number of hydrogen-bond donors (Lipinski definition) is 2. The summed E-state index contributed by atoms with van der Waals surface area (Å²) in [5.41, 5.74) is 6.35. The molecule has 0 unspecified atom stereocenters. The SMILES string of the molecule is COC(=O)c1c(C)[nH]c(C(=O)[C@H](C)OC(=O)c2ccc([N+](=O)[O-])cc2N)c1C. The van der Waals surface area contributed by atoms with Crippen molar-refractivity contribution in [2.45, 2.75) is 26.9 Å². The molecule has 3 N–H and O–H groups in total. The number of nitro groups is 1. The number of ether oxygens (including phenoxy) is 2. The van der Waals surface area contributed by atoms with Crippen molar-refractivity contribution in [1.29, 1.82) is 0 Å². The number of carbonyl (C=O) groups excluding carboxylic acids is 3. The molecule has 0 aliphatic carbocycles. The maximum absolute atomic E-state index is 12.7. The largest absolute Gasteiger partial charge is 0.465 e. The van der Waals surface area contributed by atoms with E-state index in [2.05, 4.69) is 4.98 Å². The van der Waals surface area contributed by atoms with Gasteiger partial charge in [-0.05, 0) is 32.4 Å². The third kappa shape index (κ3) is 3.85. The van der Waals surface area contributed by atoms with Gasteiger partial charge < -0.3 is 20.2 Å². The zero-order valence-corrected chi connectivity index (χ0v) is 15.7. The number of esters is 2. The Morgan fingerprint density at radius 3 is 2.39 bits per heavy atom. The number of non-ortho nitro benzene ring substituents is 1. The van der Waals surface area contributed by atoms with Crippen molar-refractivity contribution in [1.82, 2.24) is 4.98 Å². The van der Waals surface area contributed by atoms with Crippen molar-refractivity contribution in [2.75, 3.05) is 12.8 Å². The van der Waals surface area contributed by atoms with Gasteiger partial charge in [0.05, 0.1) is 34.5 Å². The van der Waals surface area contributed by atoms with Crippen LogP contribution in [0.4, 0.5) is 11.4 Å². The Kier molecular flexibility index (Phi) is 5.82. The predicted molar refractivity (Wildman–Crippen MR) is 98.3 cm³/mol. The van der Waals surface area contributed by atoms with Crippen LogP contribution in [0.3, 0.4) is 0 Å². The highest BCUT2D eigenvalue weighted by Gasteiger charge is 2.28. The number of nitrogens with one attached hydrogen (secondary N) is 1. The number of nitrogen functional groups attached to an aromatic ring is 1. The lowest BCUT2D eigenvalue weighted by Crippen LogP contribution is -2.25. The quantitative estimate of drug-likeness (QED) is 0.251. The smallest absolute Gasteiger partial charge is 0.340 e. The lowest BCUT2D eigenvalue weighted by Gasteiger charge is -2.13. The fraction of sp³-hybridized carbons (Fsp3) is 0.278. The number of aromatic amines is 1. The van der Waals surface area contributed by atoms with Gasteiger partial charge >= 0.3 is 11.9 Å². The standard InChI is InChI=1S/C18H19N3O7/c1-8-14(18(24)27-4)9(2)20-15(8)16(22)10(3)28-17(23)12-6-5-11(21(25)26)7-13(12)19/h5-7,10,20H,19H2,1-4H3/t10-/m0/s1. The molecule has 0 saturated heterocycles. The number of nitrogens with two attached hydrogens (primary N) is 1.